The number of piperidine rings is 1. The quantitative estimate of drug-likeness (QED) is 0.759. The maximum Gasteiger partial charge on any atom is 0.161 e. The Labute approximate surface area is 95.4 Å². The van der Waals surface area contributed by atoms with Crippen LogP contribution < -0.4 is 10.2 Å². The second-order valence-electron chi connectivity index (χ2n) is 4.77. The zero-order valence-corrected chi connectivity index (χ0v) is 9.44. The first-order valence-corrected chi connectivity index (χ1v) is 5.85. The van der Waals surface area contributed by atoms with Crippen LogP contribution >= 0.6 is 0 Å². The Morgan fingerprint density at radius 1 is 1.31 bits per heavy atom. The van der Waals surface area contributed by atoms with Gasteiger partial charge in [0.1, 0.15) is 0 Å². The standard InChI is InChI=1S/C13H16N2O/c1-9(16)12-4-2-3-5-13(12)15-7-10-6-11(8-15)14-10/h2-5,10-11,14H,6-8H2,1H3. The van der Waals surface area contributed by atoms with Crippen LogP contribution in [0.5, 0.6) is 0 Å². The zero-order valence-electron chi connectivity index (χ0n) is 9.44. The highest BCUT2D eigenvalue weighted by Gasteiger charge is 2.37. The number of piperazine rings is 1. The van der Waals surface area contributed by atoms with Crippen LogP contribution in [-0.2, 0) is 0 Å². The number of rotatable bonds is 2. The van der Waals surface area contributed by atoms with E-state index in [1.54, 1.807) is 6.92 Å². The molecule has 0 spiro atoms. The van der Waals surface area contributed by atoms with Crippen molar-refractivity contribution in [1.29, 1.82) is 0 Å². The fraction of sp³-hybridized carbons (Fsp3) is 0.462. The molecule has 16 heavy (non-hydrogen) atoms. The second kappa shape index (κ2) is 3.59. The molecular weight excluding hydrogens is 200 g/mol. The third kappa shape index (κ3) is 1.52. The van der Waals surface area contributed by atoms with Gasteiger partial charge in [0.05, 0.1) is 0 Å². The van der Waals surface area contributed by atoms with Gasteiger partial charge in [-0.3, -0.25) is 4.79 Å². The average molecular weight is 216 g/mol. The first-order valence-electron chi connectivity index (χ1n) is 5.85. The van der Waals surface area contributed by atoms with Gasteiger partial charge in [-0.05, 0) is 25.5 Å². The second-order valence-corrected chi connectivity index (χ2v) is 4.77. The predicted octanol–water partition coefficient (Wildman–Crippen LogP) is 1.44. The monoisotopic (exact) mass is 216 g/mol. The summed E-state index contributed by atoms with van der Waals surface area (Å²) in [5.74, 6) is 0.155. The van der Waals surface area contributed by atoms with Crippen molar-refractivity contribution >= 4 is 11.5 Å². The van der Waals surface area contributed by atoms with Crippen molar-refractivity contribution in [3.8, 4) is 0 Å². The number of nitrogens with zero attached hydrogens (tertiary/aromatic N) is 1. The van der Waals surface area contributed by atoms with Crippen molar-refractivity contribution in [2.75, 3.05) is 18.0 Å². The molecule has 0 aliphatic carbocycles. The van der Waals surface area contributed by atoms with Gasteiger partial charge in [-0.25, -0.2) is 0 Å². The maximum atomic E-state index is 11.6. The third-order valence-electron chi connectivity index (χ3n) is 3.55. The van der Waals surface area contributed by atoms with Gasteiger partial charge in [0.25, 0.3) is 0 Å². The van der Waals surface area contributed by atoms with Gasteiger partial charge in [-0.1, -0.05) is 12.1 Å². The summed E-state index contributed by atoms with van der Waals surface area (Å²) in [6, 6.07) is 9.17. The van der Waals surface area contributed by atoms with Gasteiger partial charge < -0.3 is 10.2 Å². The lowest BCUT2D eigenvalue weighted by Crippen LogP contribution is -2.67. The van der Waals surface area contributed by atoms with E-state index < -0.39 is 0 Å². The minimum Gasteiger partial charge on any atom is -0.368 e. The van der Waals surface area contributed by atoms with Crippen LogP contribution in [0, 0.1) is 0 Å². The summed E-state index contributed by atoms with van der Waals surface area (Å²) in [5.41, 5.74) is 1.95. The lowest BCUT2D eigenvalue weighted by atomic mass is 9.90. The van der Waals surface area contributed by atoms with Crippen LogP contribution in [0.15, 0.2) is 24.3 Å². The molecule has 3 nitrogen and oxygen atoms in total. The Morgan fingerprint density at radius 2 is 1.94 bits per heavy atom. The maximum absolute atomic E-state index is 11.6. The van der Waals surface area contributed by atoms with Crippen molar-refractivity contribution in [2.24, 2.45) is 0 Å². The van der Waals surface area contributed by atoms with Gasteiger partial charge in [-0.2, -0.15) is 0 Å². The number of anilines is 1. The molecule has 3 aliphatic heterocycles. The molecule has 4 rings (SSSR count). The van der Waals surface area contributed by atoms with Gasteiger partial charge in [0.15, 0.2) is 5.78 Å². The van der Waals surface area contributed by atoms with Crippen molar-refractivity contribution < 1.29 is 4.79 Å². The number of Topliss-reactive ketones (excluding diaryl/α,β-unsaturated/α-hetero) is 1. The number of nitrogens with one attached hydrogen (secondary N) is 1. The molecule has 2 bridgehead atoms. The Hall–Kier alpha value is -1.35. The number of fused-ring (bicyclic) bond motifs is 2. The molecule has 0 aromatic heterocycles. The van der Waals surface area contributed by atoms with Crippen LogP contribution in [0.1, 0.15) is 23.7 Å². The Balaban J connectivity index is 1.91. The third-order valence-corrected chi connectivity index (χ3v) is 3.55. The van der Waals surface area contributed by atoms with Crippen LogP contribution in [0.3, 0.4) is 0 Å². The Morgan fingerprint density at radius 3 is 2.56 bits per heavy atom. The van der Waals surface area contributed by atoms with Crippen LogP contribution in [0.4, 0.5) is 5.69 Å². The highest BCUT2D eigenvalue weighted by molar-refractivity contribution is 5.99. The molecule has 3 heteroatoms. The summed E-state index contributed by atoms with van der Waals surface area (Å²) >= 11 is 0. The number of benzene rings is 1. The van der Waals surface area contributed by atoms with E-state index in [2.05, 4.69) is 16.3 Å². The molecular formula is C13H16N2O. The highest BCUT2D eigenvalue weighted by atomic mass is 16.1. The smallest absolute Gasteiger partial charge is 0.161 e. The minimum atomic E-state index is 0.155. The molecule has 84 valence electrons. The predicted molar refractivity (Wildman–Crippen MR) is 64.0 cm³/mol. The molecule has 1 N–H and O–H groups in total. The van der Waals surface area contributed by atoms with Crippen LogP contribution in [0.2, 0.25) is 0 Å². The summed E-state index contributed by atoms with van der Waals surface area (Å²) in [5, 5.41) is 3.50. The molecule has 1 aromatic carbocycles. The van der Waals surface area contributed by atoms with E-state index in [9.17, 15) is 4.79 Å². The number of carbonyl (C=O) groups excluding carboxylic acids is 1. The minimum absolute atomic E-state index is 0.155. The van der Waals surface area contributed by atoms with Gasteiger partial charge in [-0.15, -0.1) is 0 Å². The lowest BCUT2D eigenvalue weighted by molar-refractivity contribution is 0.101. The lowest BCUT2D eigenvalue weighted by Gasteiger charge is -2.49. The number of hydrogen-bond donors (Lipinski definition) is 1. The highest BCUT2D eigenvalue weighted by Crippen LogP contribution is 2.28. The molecule has 2 atom stereocenters. The SMILES string of the molecule is CC(=O)c1ccccc1N1CC2CC(C1)N2. The van der Waals surface area contributed by atoms with Crippen LogP contribution in [0.25, 0.3) is 0 Å². The van der Waals surface area contributed by atoms with E-state index in [0.717, 1.165) is 24.3 Å². The zero-order chi connectivity index (χ0) is 11.1. The number of carbonyl (C=O) groups is 1. The van der Waals surface area contributed by atoms with Crippen molar-refractivity contribution in [2.45, 2.75) is 25.4 Å². The van der Waals surface area contributed by atoms with Crippen molar-refractivity contribution in [1.82, 2.24) is 5.32 Å². The van der Waals surface area contributed by atoms with E-state index in [0.29, 0.717) is 12.1 Å². The fourth-order valence-electron chi connectivity index (χ4n) is 2.76. The number of ketones is 1. The van der Waals surface area contributed by atoms with E-state index >= 15 is 0 Å². The summed E-state index contributed by atoms with van der Waals surface area (Å²) in [4.78, 5) is 13.9. The molecule has 0 radical (unpaired) electrons. The normalized spacial score (nSPS) is 27.4. The molecule has 2 unspecified atom stereocenters. The largest absolute Gasteiger partial charge is 0.368 e. The number of hydrogen-bond acceptors (Lipinski definition) is 3. The molecule has 0 saturated carbocycles. The summed E-state index contributed by atoms with van der Waals surface area (Å²) in [7, 11) is 0. The van der Waals surface area contributed by atoms with E-state index in [-0.39, 0.29) is 5.78 Å². The first-order chi connectivity index (χ1) is 7.74. The van der Waals surface area contributed by atoms with Gasteiger partial charge >= 0.3 is 0 Å². The Bertz CT molecular complexity index is 414. The first kappa shape index (κ1) is 9.85. The van der Waals surface area contributed by atoms with E-state index in [1.165, 1.54) is 6.42 Å². The van der Waals surface area contributed by atoms with E-state index in [4.69, 9.17) is 0 Å². The topological polar surface area (TPSA) is 32.3 Å². The van der Waals surface area contributed by atoms with Crippen molar-refractivity contribution in [3.05, 3.63) is 29.8 Å². The molecule has 3 heterocycles. The molecule has 3 aliphatic rings. The molecule has 3 fully saturated rings. The number of para-hydroxylation sites is 1. The Kier molecular flexibility index (Phi) is 2.21. The summed E-state index contributed by atoms with van der Waals surface area (Å²) < 4.78 is 0. The molecule has 3 saturated heterocycles. The van der Waals surface area contributed by atoms with Crippen molar-refractivity contribution in [3.63, 3.8) is 0 Å². The summed E-state index contributed by atoms with van der Waals surface area (Å²) in [6.45, 7) is 3.70. The van der Waals surface area contributed by atoms with Gasteiger partial charge in [0, 0.05) is 36.4 Å². The molecule has 0 amide bonds. The fourth-order valence-corrected chi connectivity index (χ4v) is 2.76. The molecule has 1 aromatic rings. The average Bonchev–Trinajstić information content (AvgIpc) is 2.28. The van der Waals surface area contributed by atoms with E-state index in [1.807, 2.05) is 18.2 Å². The summed E-state index contributed by atoms with van der Waals surface area (Å²) in [6.07, 6.45) is 1.29. The van der Waals surface area contributed by atoms with Crippen LogP contribution in [-0.4, -0.2) is 31.0 Å². The van der Waals surface area contributed by atoms with Gasteiger partial charge in [0.2, 0.25) is 0 Å².